The molecule has 0 saturated heterocycles. The summed E-state index contributed by atoms with van der Waals surface area (Å²) in [6, 6.07) is 1.62. The van der Waals surface area contributed by atoms with Gasteiger partial charge in [-0.3, -0.25) is 0 Å². The van der Waals surface area contributed by atoms with Gasteiger partial charge in [0.2, 0.25) is 0 Å². The van der Waals surface area contributed by atoms with Gasteiger partial charge in [0.05, 0.1) is 12.1 Å². The molecule has 1 rings (SSSR count). The molecule has 0 amide bonds. The predicted molar refractivity (Wildman–Crippen MR) is 48.1 cm³/mol. The van der Waals surface area contributed by atoms with Crippen LogP contribution in [0.25, 0.3) is 0 Å². The molecule has 6 heteroatoms. The van der Waals surface area contributed by atoms with Gasteiger partial charge in [0.15, 0.2) is 5.76 Å². The first-order valence-electron chi connectivity index (χ1n) is 3.61. The molecule has 1 aliphatic rings. The Labute approximate surface area is 85.2 Å². The minimum atomic E-state index is -1.93. The van der Waals surface area contributed by atoms with E-state index in [0.717, 1.165) is 0 Å². The van der Waals surface area contributed by atoms with Gasteiger partial charge in [0.1, 0.15) is 6.07 Å². The number of carbonyl (C=O) groups is 1. The molecule has 0 fully saturated rings. The average Bonchev–Trinajstić information content (AvgIpc) is 2.16. The third-order valence-corrected chi connectivity index (χ3v) is 2.08. The van der Waals surface area contributed by atoms with Crippen LogP contribution in [-0.2, 0) is 9.53 Å². The molecule has 1 atom stereocenters. The zero-order chi connectivity index (χ0) is 10.8. The van der Waals surface area contributed by atoms with Crippen LogP contribution in [0.5, 0.6) is 0 Å². The smallest absolute Gasteiger partial charge is 0.352 e. The SMILES string of the molecule is COC1=C(Cl)C=CNC1(C#N)C(=O)O. The lowest BCUT2D eigenvalue weighted by molar-refractivity contribution is -0.141. The van der Waals surface area contributed by atoms with Crippen LogP contribution in [-0.4, -0.2) is 23.7 Å². The van der Waals surface area contributed by atoms with Gasteiger partial charge in [-0.1, -0.05) is 11.6 Å². The molecule has 74 valence electrons. The number of dihydropyridines is 1. The molecule has 0 aromatic heterocycles. The lowest BCUT2D eigenvalue weighted by Gasteiger charge is -2.27. The first kappa shape index (κ1) is 10.4. The van der Waals surface area contributed by atoms with E-state index in [4.69, 9.17) is 26.7 Å². The molecule has 0 radical (unpaired) electrons. The highest BCUT2D eigenvalue weighted by molar-refractivity contribution is 6.32. The largest absolute Gasteiger partial charge is 0.495 e. The number of hydrogen-bond acceptors (Lipinski definition) is 4. The van der Waals surface area contributed by atoms with E-state index in [1.807, 2.05) is 0 Å². The Bertz CT molecular complexity index is 369. The van der Waals surface area contributed by atoms with E-state index in [2.05, 4.69) is 5.32 Å². The summed E-state index contributed by atoms with van der Waals surface area (Å²) in [6.07, 6.45) is 2.71. The van der Waals surface area contributed by atoms with Crippen molar-refractivity contribution in [3.63, 3.8) is 0 Å². The fourth-order valence-electron chi connectivity index (χ4n) is 1.10. The molecule has 2 N–H and O–H groups in total. The van der Waals surface area contributed by atoms with Crippen LogP contribution >= 0.6 is 11.6 Å². The molecular formula is C8H7ClN2O3. The first-order chi connectivity index (χ1) is 6.58. The Morgan fingerprint density at radius 1 is 1.86 bits per heavy atom. The number of ether oxygens (including phenoxy) is 1. The fraction of sp³-hybridized carbons (Fsp3) is 0.250. The molecule has 0 saturated carbocycles. The Hall–Kier alpha value is -1.67. The second kappa shape index (κ2) is 3.60. The van der Waals surface area contributed by atoms with Crippen molar-refractivity contribution < 1.29 is 14.6 Å². The van der Waals surface area contributed by atoms with Crippen LogP contribution in [0, 0.1) is 11.3 Å². The summed E-state index contributed by atoms with van der Waals surface area (Å²) in [5.41, 5.74) is -1.93. The van der Waals surface area contributed by atoms with Gasteiger partial charge in [-0.2, -0.15) is 5.26 Å². The lowest BCUT2D eigenvalue weighted by Crippen LogP contribution is -2.52. The van der Waals surface area contributed by atoms with Crippen molar-refractivity contribution in [1.82, 2.24) is 5.32 Å². The number of allylic oxidation sites excluding steroid dienone is 2. The van der Waals surface area contributed by atoms with E-state index in [1.165, 1.54) is 19.4 Å². The van der Waals surface area contributed by atoms with Gasteiger partial charge >= 0.3 is 5.97 Å². The van der Waals surface area contributed by atoms with Gasteiger partial charge in [0, 0.05) is 6.20 Å². The zero-order valence-electron chi connectivity index (χ0n) is 7.24. The number of nitrogens with zero attached hydrogens (tertiary/aromatic N) is 1. The first-order valence-corrected chi connectivity index (χ1v) is 3.99. The maximum Gasteiger partial charge on any atom is 0.352 e. The molecule has 0 spiro atoms. The Balaban J connectivity index is 3.31. The maximum absolute atomic E-state index is 10.9. The van der Waals surface area contributed by atoms with E-state index >= 15 is 0 Å². The highest BCUT2D eigenvalue weighted by Crippen LogP contribution is 2.27. The Morgan fingerprint density at radius 3 is 2.86 bits per heavy atom. The van der Waals surface area contributed by atoms with Gasteiger partial charge in [-0.25, -0.2) is 4.79 Å². The van der Waals surface area contributed by atoms with Crippen molar-refractivity contribution in [2.45, 2.75) is 5.54 Å². The second-order valence-electron chi connectivity index (χ2n) is 2.53. The summed E-state index contributed by atoms with van der Waals surface area (Å²) in [5, 5.41) is 20.2. The van der Waals surface area contributed by atoms with Crippen molar-refractivity contribution in [3.8, 4) is 6.07 Å². The number of methoxy groups -OCH3 is 1. The van der Waals surface area contributed by atoms with Gasteiger partial charge in [-0.15, -0.1) is 0 Å². The van der Waals surface area contributed by atoms with Crippen molar-refractivity contribution >= 4 is 17.6 Å². The summed E-state index contributed by atoms with van der Waals surface area (Å²) in [7, 11) is 1.26. The van der Waals surface area contributed by atoms with Crippen LogP contribution in [0.15, 0.2) is 23.1 Å². The fourth-order valence-corrected chi connectivity index (χ4v) is 1.38. The lowest BCUT2D eigenvalue weighted by atomic mass is 9.97. The van der Waals surface area contributed by atoms with Crippen LogP contribution in [0.1, 0.15) is 0 Å². The maximum atomic E-state index is 10.9. The minimum Gasteiger partial charge on any atom is -0.495 e. The molecular weight excluding hydrogens is 208 g/mol. The number of nitrogens with one attached hydrogen (secondary N) is 1. The van der Waals surface area contributed by atoms with E-state index in [0.29, 0.717) is 0 Å². The number of nitriles is 1. The highest BCUT2D eigenvalue weighted by Gasteiger charge is 2.46. The molecule has 14 heavy (non-hydrogen) atoms. The quantitative estimate of drug-likeness (QED) is 0.701. The summed E-state index contributed by atoms with van der Waals surface area (Å²) in [4.78, 5) is 10.9. The number of aliphatic carboxylic acids is 1. The third kappa shape index (κ3) is 1.30. The van der Waals surface area contributed by atoms with Crippen LogP contribution in [0.3, 0.4) is 0 Å². The highest BCUT2D eigenvalue weighted by atomic mass is 35.5. The molecule has 1 heterocycles. The summed E-state index contributed by atoms with van der Waals surface area (Å²) in [5.74, 6) is -1.48. The summed E-state index contributed by atoms with van der Waals surface area (Å²) < 4.78 is 4.80. The van der Waals surface area contributed by atoms with E-state index in [9.17, 15) is 4.79 Å². The normalized spacial score (nSPS) is 25.2. The number of rotatable bonds is 2. The molecule has 0 aromatic rings. The number of carboxylic acid groups (broad SMARTS) is 1. The minimum absolute atomic E-state index is 0.0928. The van der Waals surface area contributed by atoms with Crippen LogP contribution in [0.4, 0.5) is 0 Å². The number of carboxylic acids is 1. The molecule has 5 nitrogen and oxygen atoms in total. The second-order valence-corrected chi connectivity index (χ2v) is 2.93. The van der Waals surface area contributed by atoms with E-state index in [-0.39, 0.29) is 10.8 Å². The van der Waals surface area contributed by atoms with Gasteiger partial charge in [0.25, 0.3) is 5.54 Å². The van der Waals surface area contributed by atoms with Crippen molar-refractivity contribution in [1.29, 1.82) is 5.26 Å². The monoisotopic (exact) mass is 214 g/mol. The number of hydrogen-bond donors (Lipinski definition) is 2. The summed E-state index contributed by atoms with van der Waals surface area (Å²) in [6.45, 7) is 0. The third-order valence-electron chi connectivity index (χ3n) is 1.78. The summed E-state index contributed by atoms with van der Waals surface area (Å²) >= 11 is 5.70. The van der Waals surface area contributed by atoms with Gasteiger partial charge in [-0.05, 0) is 6.08 Å². The van der Waals surface area contributed by atoms with Crippen molar-refractivity contribution in [2.75, 3.05) is 7.11 Å². The molecule has 0 aromatic carbocycles. The average molecular weight is 215 g/mol. The van der Waals surface area contributed by atoms with Crippen molar-refractivity contribution in [2.24, 2.45) is 0 Å². The molecule has 1 unspecified atom stereocenters. The Kier molecular flexibility index (Phi) is 2.68. The molecule has 0 aliphatic carbocycles. The standard InChI is InChI=1S/C8H7ClN2O3/c1-14-6-5(9)2-3-11-8(6,4-10)7(12)13/h2-3,11H,1H3,(H,12,13). The van der Waals surface area contributed by atoms with E-state index < -0.39 is 11.5 Å². The van der Waals surface area contributed by atoms with Gasteiger partial charge < -0.3 is 15.2 Å². The van der Waals surface area contributed by atoms with E-state index in [1.54, 1.807) is 6.07 Å². The van der Waals surface area contributed by atoms with Crippen LogP contribution in [0.2, 0.25) is 0 Å². The molecule has 1 aliphatic heterocycles. The van der Waals surface area contributed by atoms with Crippen molar-refractivity contribution in [3.05, 3.63) is 23.1 Å². The van der Waals surface area contributed by atoms with Crippen LogP contribution < -0.4 is 5.32 Å². The molecule has 0 bridgehead atoms. The zero-order valence-corrected chi connectivity index (χ0v) is 8.00. The predicted octanol–water partition coefficient (Wildman–Crippen LogP) is 0.547. The number of halogens is 1. The Morgan fingerprint density at radius 2 is 2.50 bits per heavy atom. The topological polar surface area (TPSA) is 82.3 Å².